The van der Waals surface area contributed by atoms with Crippen molar-refractivity contribution in [3.63, 3.8) is 0 Å². The molecule has 0 saturated carbocycles. The predicted octanol–water partition coefficient (Wildman–Crippen LogP) is 16.0. The fourth-order valence-electron chi connectivity index (χ4n) is 8.99. The van der Waals surface area contributed by atoms with E-state index in [2.05, 4.69) is 182 Å². The van der Waals surface area contributed by atoms with E-state index in [1.165, 1.54) is 117 Å². The fourth-order valence-corrected chi connectivity index (χ4v) is 11.7. The molecule has 54 heavy (non-hydrogen) atoms. The van der Waals surface area contributed by atoms with E-state index in [4.69, 9.17) is 0 Å². The van der Waals surface area contributed by atoms with Gasteiger partial charge in [0.25, 0.3) is 0 Å². The maximum atomic E-state index is 2.47. The first kappa shape index (κ1) is 30.2. The Morgan fingerprint density at radius 1 is 0.278 bits per heavy atom. The van der Waals surface area contributed by atoms with Gasteiger partial charge in [-0.25, -0.2) is 0 Å². The zero-order chi connectivity index (χ0) is 35.3. The van der Waals surface area contributed by atoms with E-state index in [1.54, 1.807) is 0 Å². The van der Waals surface area contributed by atoms with Crippen LogP contribution in [0.5, 0.6) is 0 Å². The number of rotatable bonds is 3. The minimum Gasteiger partial charge on any atom is -0.134 e. The molecule has 250 valence electrons. The number of thiophene rings is 2. The molecule has 0 nitrogen and oxygen atoms in total. The lowest BCUT2D eigenvalue weighted by Crippen LogP contribution is -1.91. The Labute approximate surface area is 319 Å². The predicted molar refractivity (Wildman–Crippen MR) is 239 cm³/mol. The molecule has 2 aromatic heterocycles. The van der Waals surface area contributed by atoms with Crippen molar-refractivity contribution in [1.82, 2.24) is 0 Å². The lowest BCUT2D eigenvalue weighted by molar-refractivity contribution is 1.65. The molecule has 12 rings (SSSR count). The highest BCUT2D eigenvalue weighted by atomic mass is 32.1. The van der Waals surface area contributed by atoms with Crippen LogP contribution in [0.1, 0.15) is 0 Å². The normalized spacial score (nSPS) is 12.1. The van der Waals surface area contributed by atoms with Gasteiger partial charge in [-0.15, -0.1) is 22.7 Å². The molecule has 0 unspecified atom stereocenters. The molecule has 0 fully saturated rings. The molecule has 0 aliphatic carbocycles. The van der Waals surface area contributed by atoms with Crippen molar-refractivity contribution in [3.8, 4) is 33.4 Å². The van der Waals surface area contributed by atoms with Crippen molar-refractivity contribution in [3.05, 3.63) is 182 Å². The van der Waals surface area contributed by atoms with Gasteiger partial charge >= 0.3 is 0 Å². The molecule has 0 N–H and O–H groups in total. The molecule has 2 heteroatoms. The van der Waals surface area contributed by atoms with Crippen LogP contribution in [-0.4, -0.2) is 0 Å². The second kappa shape index (κ2) is 11.6. The van der Waals surface area contributed by atoms with Gasteiger partial charge in [0.15, 0.2) is 0 Å². The molecule has 0 saturated heterocycles. The largest absolute Gasteiger partial charge is 0.134 e. The summed E-state index contributed by atoms with van der Waals surface area (Å²) in [4.78, 5) is 0. The molecule has 2 heterocycles. The average molecular weight is 719 g/mol. The van der Waals surface area contributed by atoms with Crippen molar-refractivity contribution in [2.45, 2.75) is 0 Å². The van der Waals surface area contributed by atoms with Crippen LogP contribution in [0.2, 0.25) is 0 Å². The number of fused-ring (bicyclic) bond motifs is 12. The third-order valence-electron chi connectivity index (χ3n) is 11.4. The monoisotopic (exact) mass is 718 g/mol. The first-order valence-electron chi connectivity index (χ1n) is 18.5. The summed E-state index contributed by atoms with van der Waals surface area (Å²) in [5.41, 5.74) is 7.61. The summed E-state index contributed by atoms with van der Waals surface area (Å²) in [6.07, 6.45) is 0. The molecule has 0 bridgehead atoms. The summed E-state index contributed by atoms with van der Waals surface area (Å²) < 4.78 is 5.49. The van der Waals surface area contributed by atoms with Crippen LogP contribution >= 0.6 is 22.7 Å². The van der Waals surface area contributed by atoms with Crippen LogP contribution in [0, 0.1) is 0 Å². The van der Waals surface area contributed by atoms with Crippen molar-refractivity contribution >= 4 is 106 Å². The third-order valence-corrected chi connectivity index (χ3v) is 14.0. The van der Waals surface area contributed by atoms with Crippen LogP contribution in [0.3, 0.4) is 0 Å². The zero-order valence-corrected chi connectivity index (χ0v) is 30.8. The maximum absolute atomic E-state index is 2.47. The summed E-state index contributed by atoms with van der Waals surface area (Å²) >= 11 is 3.89. The van der Waals surface area contributed by atoms with Gasteiger partial charge in [0.1, 0.15) is 0 Å². The Balaban J connectivity index is 1.09. The van der Waals surface area contributed by atoms with Crippen molar-refractivity contribution in [2.75, 3.05) is 0 Å². The van der Waals surface area contributed by atoms with Crippen molar-refractivity contribution in [1.29, 1.82) is 0 Å². The maximum Gasteiger partial charge on any atom is 0.0540 e. The molecule has 10 aromatic carbocycles. The molecule has 0 spiro atoms. The highest BCUT2D eigenvalue weighted by Crippen LogP contribution is 2.50. The van der Waals surface area contributed by atoms with Gasteiger partial charge in [-0.1, -0.05) is 164 Å². The van der Waals surface area contributed by atoms with Crippen molar-refractivity contribution < 1.29 is 0 Å². The fraction of sp³-hybridized carbons (Fsp3) is 0. The Hall–Kier alpha value is -6.32. The van der Waals surface area contributed by atoms with E-state index >= 15 is 0 Å². The van der Waals surface area contributed by atoms with Crippen LogP contribution in [0.15, 0.2) is 182 Å². The van der Waals surface area contributed by atoms with Gasteiger partial charge in [-0.2, -0.15) is 0 Å². The van der Waals surface area contributed by atoms with Gasteiger partial charge in [0.05, 0.1) is 9.40 Å². The highest BCUT2D eigenvalue weighted by Gasteiger charge is 2.20. The van der Waals surface area contributed by atoms with Gasteiger partial charge in [-0.3, -0.25) is 0 Å². The minimum atomic E-state index is 1.23. The Bertz CT molecular complexity index is 3430. The highest BCUT2D eigenvalue weighted by molar-refractivity contribution is 7.34. The SMILES string of the molecule is c1ccc2cc(-c3c4ccccc4c(-c4ccc(-c5cc6c7ccc8ccccc8c7sc6c6sc7ccccc7c56)cc4)c4ccccc34)ccc2c1. The Morgan fingerprint density at radius 3 is 1.54 bits per heavy atom. The average Bonchev–Trinajstić information content (AvgIpc) is 3.82. The summed E-state index contributed by atoms with van der Waals surface area (Å²) in [7, 11) is 0. The Kier molecular flexibility index (Phi) is 6.48. The van der Waals surface area contributed by atoms with E-state index in [0.717, 1.165) is 0 Å². The second-order valence-electron chi connectivity index (χ2n) is 14.3. The van der Waals surface area contributed by atoms with Crippen molar-refractivity contribution in [2.24, 2.45) is 0 Å². The van der Waals surface area contributed by atoms with Crippen LogP contribution in [0.25, 0.3) is 117 Å². The van der Waals surface area contributed by atoms with Gasteiger partial charge in [0, 0.05) is 30.9 Å². The lowest BCUT2D eigenvalue weighted by atomic mass is 9.85. The first-order valence-corrected chi connectivity index (χ1v) is 20.1. The molecule has 0 amide bonds. The summed E-state index contributed by atoms with van der Waals surface area (Å²) in [6.45, 7) is 0. The van der Waals surface area contributed by atoms with E-state index < -0.39 is 0 Å². The topological polar surface area (TPSA) is 0 Å². The summed E-state index contributed by atoms with van der Waals surface area (Å²) in [5, 5.41) is 15.6. The van der Waals surface area contributed by atoms with E-state index in [-0.39, 0.29) is 0 Å². The quantitative estimate of drug-likeness (QED) is 0.160. The van der Waals surface area contributed by atoms with E-state index in [1.807, 2.05) is 22.7 Å². The number of hydrogen-bond donors (Lipinski definition) is 0. The number of hydrogen-bond acceptors (Lipinski definition) is 2. The zero-order valence-electron chi connectivity index (χ0n) is 29.1. The molecule has 0 aliphatic heterocycles. The summed E-state index contributed by atoms with van der Waals surface area (Å²) in [6, 6.07) is 67.7. The number of benzene rings is 10. The van der Waals surface area contributed by atoms with Crippen LogP contribution in [-0.2, 0) is 0 Å². The van der Waals surface area contributed by atoms with Gasteiger partial charge in [0.2, 0.25) is 0 Å². The van der Waals surface area contributed by atoms with E-state index in [0.29, 0.717) is 0 Å². The third kappa shape index (κ3) is 4.36. The molecule has 0 atom stereocenters. The smallest absolute Gasteiger partial charge is 0.0540 e. The first-order chi connectivity index (χ1) is 26.8. The van der Waals surface area contributed by atoms with E-state index in [9.17, 15) is 0 Å². The standard InChI is InChI=1S/C52H30S2/c1-2-13-35-29-36(26-21-31(35)11-1)48-40-17-7-5-15-38(40)47(39-16-6-8-18-41(39)48)34-24-22-33(23-25-34)44-30-45-42-28-27-32-12-3-4-14-37(32)50(42)54-51(45)52-49(44)43-19-9-10-20-46(43)53-52/h1-30H. The van der Waals surface area contributed by atoms with Gasteiger partial charge < -0.3 is 0 Å². The van der Waals surface area contributed by atoms with Gasteiger partial charge in [-0.05, 0) is 94.7 Å². The summed E-state index contributed by atoms with van der Waals surface area (Å²) in [5.74, 6) is 0. The molecular weight excluding hydrogens is 689 g/mol. The minimum absolute atomic E-state index is 1.23. The Morgan fingerprint density at radius 2 is 0.815 bits per heavy atom. The molecule has 0 aliphatic rings. The molecular formula is C52H30S2. The van der Waals surface area contributed by atoms with Crippen LogP contribution in [0.4, 0.5) is 0 Å². The lowest BCUT2D eigenvalue weighted by Gasteiger charge is -2.18. The second-order valence-corrected chi connectivity index (χ2v) is 16.4. The molecule has 0 radical (unpaired) electrons. The molecule has 12 aromatic rings. The van der Waals surface area contributed by atoms with Crippen LogP contribution < -0.4 is 0 Å².